The van der Waals surface area contributed by atoms with E-state index in [-0.39, 0.29) is 5.84 Å². The molecular weight excluding hydrogens is 198 g/mol. The van der Waals surface area contributed by atoms with Crippen LogP contribution in [0.25, 0.3) is 0 Å². The first kappa shape index (κ1) is 12.7. The van der Waals surface area contributed by atoms with Gasteiger partial charge in [0.1, 0.15) is 0 Å². The van der Waals surface area contributed by atoms with Gasteiger partial charge in [0.15, 0.2) is 11.5 Å². The van der Waals surface area contributed by atoms with Crippen molar-refractivity contribution in [2.75, 3.05) is 7.05 Å². The monoisotopic (exact) mass is 209 g/mol. The second-order valence-corrected chi connectivity index (χ2v) is 2.13. The first-order valence-electron chi connectivity index (χ1n) is 3.84. The fourth-order valence-corrected chi connectivity index (χ4v) is 0.519. The van der Waals surface area contributed by atoms with Gasteiger partial charge in [0.05, 0.1) is 12.4 Å². The Labute approximate surface area is 86.5 Å². The van der Waals surface area contributed by atoms with Crippen LogP contribution in [0.3, 0.4) is 0 Å². The lowest BCUT2D eigenvalue weighted by Gasteiger charge is -1.98. The van der Waals surface area contributed by atoms with Crippen LogP contribution in [0, 0.1) is 5.41 Å². The third-order valence-electron chi connectivity index (χ3n) is 1.19. The molecule has 3 N–H and O–H groups in total. The molecule has 0 unspecified atom stereocenters. The number of amidine groups is 1. The second-order valence-electron chi connectivity index (χ2n) is 2.13. The molecule has 0 amide bonds. The molecule has 0 aromatic carbocycles. The van der Waals surface area contributed by atoms with E-state index in [1.165, 1.54) is 19.5 Å². The van der Waals surface area contributed by atoms with E-state index in [1.807, 2.05) is 0 Å². The van der Waals surface area contributed by atoms with Crippen molar-refractivity contribution in [3.63, 3.8) is 0 Å². The summed E-state index contributed by atoms with van der Waals surface area (Å²) < 4.78 is 0. The number of hydrogen-bond donors (Lipinski definition) is 3. The number of aliphatic carboxylic acids is 1. The van der Waals surface area contributed by atoms with Crippen LogP contribution in [0.2, 0.25) is 0 Å². The summed E-state index contributed by atoms with van der Waals surface area (Å²) in [5.41, 5.74) is 1.92. The fraction of sp³-hybridized carbons (Fsp3) is 0.125. The Morgan fingerprint density at radius 3 is 2.67 bits per heavy atom. The molecule has 0 spiro atoms. The Morgan fingerprint density at radius 2 is 2.27 bits per heavy atom. The molecule has 0 bridgehead atoms. The molecule has 7 nitrogen and oxygen atoms in total. The Hall–Kier alpha value is -2.31. The van der Waals surface area contributed by atoms with Crippen LogP contribution in [-0.4, -0.2) is 42.1 Å². The van der Waals surface area contributed by atoms with Crippen LogP contribution >= 0.6 is 0 Å². The third kappa shape index (κ3) is 5.09. The number of nitrogens with one attached hydrogen (secondary N) is 2. The van der Waals surface area contributed by atoms with E-state index in [2.05, 4.69) is 27.1 Å². The topological polar surface area (TPSA) is 110 Å². The SMILES string of the molecule is C=CN=CC(=NC)N/N=C(\C=N)C(=O)O. The van der Waals surface area contributed by atoms with Gasteiger partial charge in [-0.3, -0.25) is 15.4 Å². The molecule has 0 aliphatic carbocycles. The van der Waals surface area contributed by atoms with E-state index >= 15 is 0 Å². The molecule has 0 aromatic heterocycles. The summed E-state index contributed by atoms with van der Waals surface area (Å²) in [6.07, 6.45) is 3.23. The van der Waals surface area contributed by atoms with Crippen molar-refractivity contribution in [2.24, 2.45) is 15.1 Å². The highest BCUT2D eigenvalue weighted by atomic mass is 16.4. The molecule has 0 atom stereocenters. The molecule has 0 aromatic rings. The van der Waals surface area contributed by atoms with Gasteiger partial charge in [0.25, 0.3) is 0 Å². The molecule has 0 aliphatic rings. The van der Waals surface area contributed by atoms with Crippen molar-refractivity contribution >= 4 is 29.9 Å². The maximum Gasteiger partial charge on any atom is 0.357 e. The largest absolute Gasteiger partial charge is 0.476 e. The number of carboxylic acid groups (broad SMARTS) is 1. The number of rotatable bonds is 5. The summed E-state index contributed by atoms with van der Waals surface area (Å²) in [6, 6.07) is 0. The van der Waals surface area contributed by atoms with Crippen molar-refractivity contribution in [2.45, 2.75) is 0 Å². The Morgan fingerprint density at radius 1 is 1.60 bits per heavy atom. The molecule has 0 aliphatic heterocycles. The van der Waals surface area contributed by atoms with Crippen LogP contribution in [0.1, 0.15) is 0 Å². The highest BCUT2D eigenvalue weighted by Gasteiger charge is 2.04. The molecule has 80 valence electrons. The fourth-order valence-electron chi connectivity index (χ4n) is 0.519. The van der Waals surface area contributed by atoms with Crippen LogP contribution in [0.4, 0.5) is 0 Å². The number of hydrogen-bond acceptors (Lipinski definition) is 5. The minimum Gasteiger partial charge on any atom is -0.476 e. The van der Waals surface area contributed by atoms with E-state index in [9.17, 15) is 4.79 Å². The maximum atomic E-state index is 10.4. The van der Waals surface area contributed by atoms with E-state index < -0.39 is 11.7 Å². The van der Waals surface area contributed by atoms with Gasteiger partial charge in [-0.15, -0.1) is 0 Å². The summed E-state index contributed by atoms with van der Waals surface area (Å²) in [4.78, 5) is 17.8. The van der Waals surface area contributed by atoms with Crippen molar-refractivity contribution < 1.29 is 9.90 Å². The Kier molecular flexibility index (Phi) is 6.03. The maximum absolute atomic E-state index is 10.4. The van der Waals surface area contributed by atoms with Crippen molar-refractivity contribution in [3.05, 3.63) is 12.8 Å². The molecule has 0 radical (unpaired) electrons. The van der Waals surface area contributed by atoms with Crippen LogP contribution in [0.15, 0.2) is 27.9 Å². The number of hydrazone groups is 1. The van der Waals surface area contributed by atoms with Crippen molar-refractivity contribution in [3.8, 4) is 0 Å². The predicted molar refractivity (Wildman–Crippen MR) is 59.0 cm³/mol. The molecule has 0 saturated heterocycles. The standard InChI is InChI=1S/C8H11N5O2/c1-3-11-5-7(10-2)13-12-6(4-9)8(14)15/h3-5,9H,1H2,2H3,(H,10,13)(H,14,15)/b9-4?,11-5?,12-6+. The lowest BCUT2D eigenvalue weighted by atomic mass is 10.4. The van der Waals surface area contributed by atoms with Crippen molar-refractivity contribution in [1.29, 1.82) is 5.41 Å². The van der Waals surface area contributed by atoms with E-state index in [1.54, 1.807) is 0 Å². The molecule has 0 rings (SSSR count). The lowest BCUT2D eigenvalue weighted by Crippen LogP contribution is -2.24. The van der Waals surface area contributed by atoms with E-state index in [0.717, 1.165) is 0 Å². The molecule has 0 fully saturated rings. The quantitative estimate of drug-likeness (QED) is 0.334. The van der Waals surface area contributed by atoms with Gasteiger partial charge in [-0.25, -0.2) is 4.79 Å². The molecular formula is C8H11N5O2. The average molecular weight is 209 g/mol. The van der Waals surface area contributed by atoms with Gasteiger partial charge in [-0.2, -0.15) is 5.10 Å². The highest BCUT2D eigenvalue weighted by molar-refractivity contribution is 6.58. The van der Waals surface area contributed by atoms with Crippen LogP contribution < -0.4 is 5.43 Å². The second kappa shape index (κ2) is 7.13. The summed E-state index contributed by atoms with van der Waals surface area (Å²) in [5.74, 6) is -1.04. The zero-order valence-corrected chi connectivity index (χ0v) is 8.14. The van der Waals surface area contributed by atoms with E-state index in [0.29, 0.717) is 6.21 Å². The average Bonchev–Trinajstić information content (AvgIpc) is 2.23. The van der Waals surface area contributed by atoms with Gasteiger partial charge in [-0.05, 0) is 0 Å². The first-order chi connectivity index (χ1) is 7.15. The van der Waals surface area contributed by atoms with Gasteiger partial charge in [0.2, 0.25) is 0 Å². The molecule has 0 saturated carbocycles. The van der Waals surface area contributed by atoms with Gasteiger partial charge < -0.3 is 10.5 Å². The summed E-state index contributed by atoms with van der Waals surface area (Å²) >= 11 is 0. The zero-order chi connectivity index (χ0) is 11.7. The summed E-state index contributed by atoms with van der Waals surface area (Å²) in [7, 11) is 1.48. The van der Waals surface area contributed by atoms with E-state index in [4.69, 9.17) is 10.5 Å². The van der Waals surface area contributed by atoms with Crippen molar-refractivity contribution in [1.82, 2.24) is 5.43 Å². The molecule has 0 heterocycles. The van der Waals surface area contributed by atoms with Crippen LogP contribution in [0.5, 0.6) is 0 Å². The first-order valence-corrected chi connectivity index (χ1v) is 3.84. The highest BCUT2D eigenvalue weighted by Crippen LogP contribution is 1.76. The Balaban J connectivity index is 4.57. The number of carboxylic acids is 1. The minimum absolute atomic E-state index is 0.260. The molecule has 15 heavy (non-hydrogen) atoms. The van der Waals surface area contributed by atoms with Gasteiger partial charge in [-0.1, -0.05) is 6.58 Å². The summed E-state index contributed by atoms with van der Waals surface area (Å²) in [5, 5.41) is 18.7. The lowest BCUT2D eigenvalue weighted by molar-refractivity contribution is -0.129. The predicted octanol–water partition coefficient (Wildman–Crippen LogP) is -0.0912. The normalized spacial score (nSPS) is 12.6. The minimum atomic E-state index is -1.30. The van der Waals surface area contributed by atoms with Gasteiger partial charge in [0, 0.05) is 13.2 Å². The third-order valence-corrected chi connectivity index (χ3v) is 1.19. The zero-order valence-electron chi connectivity index (χ0n) is 8.14. The smallest absolute Gasteiger partial charge is 0.357 e. The van der Waals surface area contributed by atoms with Gasteiger partial charge >= 0.3 is 5.97 Å². The number of aliphatic imine (C=N–C) groups is 2. The number of carbonyl (C=O) groups is 1. The molecule has 7 heteroatoms. The number of nitrogens with zero attached hydrogens (tertiary/aromatic N) is 3. The summed E-state index contributed by atoms with van der Waals surface area (Å²) in [6.45, 7) is 3.36. The Bertz CT molecular complexity index is 343. The van der Waals surface area contributed by atoms with Crippen LogP contribution in [-0.2, 0) is 4.79 Å².